The Labute approximate surface area is 137 Å². The topological polar surface area (TPSA) is 44.5 Å². The van der Waals surface area contributed by atoms with E-state index < -0.39 is 0 Å². The molecule has 3 nitrogen and oxygen atoms in total. The fourth-order valence-electron chi connectivity index (χ4n) is 2.50. The summed E-state index contributed by atoms with van der Waals surface area (Å²) in [5, 5.41) is 0. The third kappa shape index (κ3) is 5.57. The maximum atomic E-state index is 13.1. The van der Waals surface area contributed by atoms with Crippen LogP contribution in [0.4, 0.5) is 4.39 Å². The molecule has 1 atom stereocenters. The molecule has 0 aliphatic rings. The quantitative estimate of drug-likeness (QED) is 0.707. The van der Waals surface area contributed by atoms with E-state index >= 15 is 0 Å². The molecule has 23 heavy (non-hydrogen) atoms. The Hall–Kier alpha value is -2.07. The molecule has 2 aromatic carbocycles. The van der Waals surface area contributed by atoms with Crippen LogP contribution >= 0.6 is 0 Å². The molecule has 0 aromatic heterocycles. The first-order valence-electron chi connectivity index (χ1n) is 8.04. The van der Waals surface area contributed by atoms with Crippen molar-refractivity contribution in [1.82, 2.24) is 0 Å². The van der Waals surface area contributed by atoms with Crippen LogP contribution in [0.5, 0.6) is 11.5 Å². The van der Waals surface area contributed by atoms with E-state index in [0.717, 1.165) is 18.6 Å². The number of hydrogen-bond acceptors (Lipinski definition) is 3. The summed E-state index contributed by atoms with van der Waals surface area (Å²) in [5.74, 6) is 1.45. The van der Waals surface area contributed by atoms with Gasteiger partial charge >= 0.3 is 0 Å². The number of benzene rings is 2. The Morgan fingerprint density at radius 1 is 1.04 bits per heavy atom. The zero-order valence-electron chi connectivity index (χ0n) is 13.5. The average molecular weight is 317 g/mol. The smallest absolute Gasteiger partial charge is 0.126 e. The molecule has 0 amide bonds. The zero-order valence-corrected chi connectivity index (χ0v) is 13.5. The van der Waals surface area contributed by atoms with Crippen LogP contribution in [0.1, 0.15) is 31.2 Å². The van der Waals surface area contributed by atoms with Crippen LogP contribution in [0.3, 0.4) is 0 Å². The molecule has 0 radical (unpaired) electrons. The van der Waals surface area contributed by atoms with Gasteiger partial charge in [-0.3, -0.25) is 0 Å². The van der Waals surface area contributed by atoms with E-state index in [1.807, 2.05) is 19.1 Å². The lowest BCUT2D eigenvalue weighted by Crippen LogP contribution is -2.13. The van der Waals surface area contributed by atoms with Gasteiger partial charge in [0.05, 0.1) is 13.2 Å². The minimum Gasteiger partial charge on any atom is -0.494 e. The van der Waals surface area contributed by atoms with Gasteiger partial charge in [0, 0.05) is 6.07 Å². The number of hydrogen-bond donors (Lipinski definition) is 1. The summed E-state index contributed by atoms with van der Waals surface area (Å²) in [6.07, 6.45) is 1.80. The summed E-state index contributed by atoms with van der Waals surface area (Å²) in [6.45, 7) is 3.78. The van der Waals surface area contributed by atoms with Crippen molar-refractivity contribution >= 4 is 0 Å². The average Bonchev–Trinajstić information content (AvgIpc) is 2.56. The van der Waals surface area contributed by atoms with Gasteiger partial charge in [0.15, 0.2) is 0 Å². The number of halogens is 1. The molecule has 0 aliphatic carbocycles. The summed E-state index contributed by atoms with van der Waals surface area (Å²) >= 11 is 0. The largest absolute Gasteiger partial charge is 0.494 e. The van der Waals surface area contributed by atoms with Gasteiger partial charge in [-0.15, -0.1) is 0 Å². The third-order valence-corrected chi connectivity index (χ3v) is 3.71. The lowest BCUT2D eigenvalue weighted by atomic mass is 9.94. The number of rotatable bonds is 9. The van der Waals surface area contributed by atoms with E-state index in [4.69, 9.17) is 15.2 Å². The molecule has 1 unspecified atom stereocenters. The first-order valence-corrected chi connectivity index (χ1v) is 8.04. The Kier molecular flexibility index (Phi) is 6.88. The van der Waals surface area contributed by atoms with Crippen LogP contribution in [0, 0.1) is 5.82 Å². The molecule has 2 aromatic rings. The van der Waals surface area contributed by atoms with Crippen LogP contribution < -0.4 is 15.2 Å². The van der Waals surface area contributed by atoms with Crippen molar-refractivity contribution < 1.29 is 13.9 Å². The van der Waals surface area contributed by atoms with Crippen LogP contribution in [-0.2, 0) is 0 Å². The van der Waals surface area contributed by atoms with E-state index in [0.29, 0.717) is 31.4 Å². The molecule has 0 heterocycles. The van der Waals surface area contributed by atoms with Crippen molar-refractivity contribution in [3.63, 3.8) is 0 Å². The van der Waals surface area contributed by atoms with Gasteiger partial charge in [0.1, 0.15) is 17.3 Å². The normalized spacial score (nSPS) is 12.0. The highest BCUT2D eigenvalue weighted by molar-refractivity contribution is 5.29. The monoisotopic (exact) mass is 317 g/mol. The van der Waals surface area contributed by atoms with Gasteiger partial charge in [0.25, 0.3) is 0 Å². The van der Waals surface area contributed by atoms with Crippen LogP contribution in [0.25, 0.3) is 0 Å². The lowest BCUT2D eigenvalue weighted by molar-refractivity contribution is 0.300. The molecular weight excluding hydrogens is 293 g/mol. The van der Waals surface area contributed by atoms with Crippen molar-refractivity contribution in [2.24, 2.45) is 5.73 Å². The highest BCUT2D eigenvalue weighted by atomic mass is 19.1. The zero-order chi connectivity index (χ0) is 16.5. The Morgan fingerprint density at radius 2 is 1.83 bits per heavy atom. The first kappa shape index (κ1) is 17.3. The number of ether oxygens (including phenoxy) is 2. The van der Waals surface area contributed by atoms with Gasteiger partial charge in [-0.1, -0.05) is 18.2 Å². The molecule has 2 rings (SSSR count). The van der Waals surface area contributed by atoms with E-state index in [1.165, 1.54) is 17.7 Å². The second-order valence-electron chi connectivity index (χ2n) is 5.38. The van der Waals surface area contributed by atoms with E-state index in [2.05, 4.69) is 12.1 Å². The van der Waals surface area contributed by atoms with E-state index in [1.54, 1.807) is 12.1 Å². The molecule has 2 N–H and O–H groups in total. The van der Waals surface area contributed by atoms with E-state index in [9.17, 15) is 4.39 Å². The molecule has 0 aliphatic heterocycles. The summed E-state index contributed by atoms with van der Waals surface area (Å²) < 4.78 is 24.1. The van der Waals surface area contributed by atoms with Gasteiger partial charge in [-0.2, -0.15) is 0 Å². The third-order valence-electron chi connectivity index (χ3n) is 3.71. The van der Waals surface area contributed by atoms with Crippen molar-refractivity contribution in [3.8, 4) is 11.5 Å². The Morgan fingerprint density at radius 3 is 2.48 bits per heavy atom. The fourth-order valence-corrected chi connectivity index (χ4v) is 2.50. The SMILES string of the molecule is CCOc1ccc(C(CN)CCCOc2cccc(F)c2)cc1. The molecule has 4 heteroatoms. The summed E-state index contributed by atoms with van der Waals surface area (Å²) in [4.78, 5) is 0. The summed E-state index contributed by atoms with van der Waals surface area (Å²) in [6, 6.07) is 14.3. The first-order chi connectivity index (χ1) is 11.2. The van der Waals surface area contributed by atoms with Crippen molar-refractivity contribution in [2.45, 2.75) is 25.7 Å². The Bertz CT molecular complexity index is 586. The van der Waals surface area contributed by atoms with E-state index in [-0.39, 0.29) is 5.82 Å². The highest BCUT2D eigenvalue weighted by Gasteiger charge is 2.10. The molecule has 0 saturated heterocycles. The van der Waals surface area contributed by atoms with Crippen LogP contribution in [-0.4, -0.2) is 19.8 Å². The van der Waals surface area contributed by atoms with Crippen molar-refractivity contribution in [1.29, 1.82) is 0 Å². The summed E-state index contributed by atoms with van der Waals surface area (Å²) in [5.41, 5.74) is 7.10. The summed E-state index contributed by atoms with van der Waals surface area (Å²) in [7, 11) is 0. The fraction of sp³-hybridized carbons (Fsp3) is 0.368. The highest BCUT2D eigenvalue weighted by Crippen LogP contribution is 2.23. The molecule has 0 fully saturated rings. The van der Waals surface area contributed by atoms with Crippen LogP contribution in [0.2, 0.25) is 0 Å². The predicted octanol–water partition coefficient (Wildman–Crippen LogP) is 4.13. The minimum absolute atomic E-state index is 0.281. The lowest BCUT2D eigenvalue weighted by Gasteiger charge is -2.16. The molecule has 124 valence electrons. The van der Waals surface area contributed by atoms with Gasteiger partial charge in [0.2, 0.25) is 0 Å². The molecule has 0 saturated carbocycles. The standard InChI is InChI=1S/C19H24FNO2/c1-2-22-18-10-8-15(9-11-18)16(14-21)5-4-12-23-19-7-3-6-17(20)13-19/h3,6-11,13,16H,2,4-5,12,14,21H2,1H3. The molecule has 0 bridgehead atoms. The molecular formula is C19H24FNO2. The predicted molar refractivity (Wildman–Crippen MR) is 90.5 cm³/mol. The van der Waals surface area contributed by atoms with Crippen molar-refractivity contribution in [3.05, 3.63) is 59.9 Å². The second-order valence-corrected chi connectivity index (χ2v) is 5.38. The van der Waals surface area contributed by atoms with Gasteiger partial charge in [-0.05, 0) is 62.1 Å². The Balaban J connectivity index is 1.80. The second kappa shape index (κ2) is 9.16. The minimum atomic E-state index is -0.281. The maximum Gasteiger partial charge on any atom is 0.126 e. The van der Waals surface area contributed by atoms with Crippen molar-refractivity contribution in [2.75, 3.05) is 19.8 Å². The number of nitrogens with two attached hydrogens (primary N) is 1. The maximum absolute atomic E-state index is 13.1. The van der Waals surface area contributed by atoms with Crippen LogP contribution in [0.15, 0.2) is 48.5 Å². The van der Waals surface area contributed by atoms with Gasteiger partial charge < -0.3 is 15.2 Å². The molecule has 0 spiro atoms. The van der Waals surface area contributed by atoms with Gasteiger partial charge in [-0.25, -0.2) is 4.39 Å².